The molecule has 0 aliphatic rings. The summed E-state index contributed by atoms with van der Waals surface area (Å²) in [5.74, 6) is 0.213. The van der Waals surface area contributed by atoms with Gasteiger partial charge >= 0.3 is 0 Å². The van der Waals surface area contributed by atoms with Crippen LogP contribution in [0, 0.1) is 6.92 Å². The van der Waals surface area contributed by atoms with Gasteiger partial charge < -0.3 is 5.73 Å². The van der Waals surface area contributed by atoms with Crippen molar-refractivity contribution in [2.75, 3.05) is 5.73 Å². The molecule has 90 valence electrons. The van der Waals surface area contributed by atoms with Gasteiger partial charge in [0.2, 0.25) is 0 Å². The molecule has 0 aliphatic carbocycles. The monoisotopic (exact) mass is 330 g/mol. The first kappa shape index (κ1) is 12.9. The fourth-order valence-corrected chi connectivity index (χ4v) is 3.57. The molecular weight excluding hydrogens is 320 g/mol. The van der Waals surface area contributed by atoms with E-state index in [2.05, 4.69) is 27.8 Å². The van der Waals surface area contributed by atoms with E-state index >= 15 is 0 Å². The summed E-state index contributed by atoms with van der Waals surface area (Å²) in [4.78, 5) is 5.42. The van der Waals surface area contributed by atoms with Crippen LogP contribution in [-0.2, 0) is 0 Å². The Hall–Kier alpha value is -0.580. The van der Waals surface area contributed by atoms with E-state index in [1.165, 1.54) is 16.2 Å². The first-order chi connectivity index (χ1) is 7.99. The number of thiazole rings is 1. The van der Waals surface area contributed by atoms with E-state index in [0.29, 0.717) is 5.13 Å². The summed E-state index contributed by atoms with van der Waals surface area (Å²) in [6, 6.07) is 5.94. The van der Waals surface area contributed by atoms with E-state index < -0.39 is 0 Å². The smallest absolute Gasteiger partial charge is 0.180 e. The molecule has 0 amide bonds. The molecule has 5 heteroatoms. The quantitative estimate of drug-likeness (QED) is 0.873. The molecule has 0 aliphatic heterocycles. The van der Waals surface area contributed by atoms with Gasteiger partial charge in [-0.1, -0.05) is 40.5 Å². The summed E-state index contributed by atoms with van der Waals surface area (Å²) in [7, 11) is 0. The van der Waals surface area contributed by atoms with Crippen LogP contribution in [0.2, 0.25) is 5.02 Å². The number of hydrogen-bond donors (Lipinski definition) is 1. The van der Waals surface area contributed by atoms with Crippen LogP contribution in [0.4, 0.5) is 5.13 Å². The average molecular weight is 332 g/mol. The second-order valence-electron chi connectivity index (χ2n) is 3.89. The molecule has 0 saturated carbocycles. The topological polar surface area (TPSA) is 38.9 Å². The summed E-state index contributed by atoms with van der Waals surface area (Å²) >= 11 is 11.2. The molecule has 1 atom stereocenters. The van der Waals surface area contributed by atoms with E-state index in [1.807, 2.05) is 25.1 Å². The highest BCUT2D eigenvalue weighted by Crippen LogP contribution is 2.36. The predicted molar refractivity (Wildman–Crippen MR) is 77.9 cm³/mol. The minimum absolute atomic E-state index is 0.213. The zero-order valence-corrected chi connectivity index (χ0v) is 12.7. The van der Waals surface area contributed by atoms with Crippen LogP contribution in [0.5, 0.6) is 0 Å². The molecule has 1 heterocycles. The summed E-state index contributed by atoms with van der Waals surface area (Å²) in [5, 5.41) is 1.37. The van der Waals surface area contributed by atoms with Crippen molar-refractivity contribution in [2.45, 2.75) is 19.8 Å². The van der Waals surface area contributed by atoms with Crippen molar-refractivity contribution in [1.82, 2.24) is 4.98 Å². The van der Waals surface area contributed by atoms with E-state index in [4.69, 9.17) is 17.3 Å². The van der Waals surface area contributed by atoms with E-state index in [1.54, 1.807) is 0 Å². The SMILES string of the molecule is Cc1nc(N)sc1C(C)c1ccc(Br)cc1Cl. The third-order valence-corrected chi connectivity index (χ3v) is 4.66. The maximum atomic E-state index is 6.26. The van der Waals surface area contributed by atoms with Crippen LogP contribution in [0.15, 0.2) is 22.7 Å². The second-order valence-corrected chi connectivity index (χ2v) is 6.27. The summed E-state index contributed by atoms with van der Waals surface area (Å²) in [6.07, 6.45) is 0. The molecule has 0 bridgehead atoms. The number of hydrogen-bond acceptors (Lipinski definition) is 3. The zero-order valence-electron chi connectivity index (χ0n) is 9.50. The third-order valence-electron chi connectivity index (χ3n) is 2.67. The lowest BCUT2D eigenvalue weighted by Crippen LogP contribution is -1.96. The van der Waals surface area contributed by atoms with Crippen molar-refractivity contribution >= 4 is 44.0 Å². The highest BCUT2D eigenvalue weighted by Gasteiger charge is 2.17. The van der Waals surface area contributed by atoms with Gasteiger partial charge in [0.05, 0.1) is 5.69 Å². The molecule has 2 aromatic rings. The number of nitrogens with two attached hydrogens (primary N) is 1. The van der Waals surface area contributed by atoms with Gasteiger partial charge in [-0.3, -0.25) is 0 Å². The number of aryl methyl sites for hydroxylation is 1. The molecule has 1 unspecified atom stereocenters. The minimum atomic E-state index is 0.213. The van der Waals surface area contributed by atoms with Crippen molar-refractivity contribution in [3.63, 3.8) is 0 Å². The van der Waals surface area contributed by atoms with Gasteiger partial charge in [0.15, 0.2) is 5.13 Å². The van der Waals surface area contributed by atoms with Gasteiger partial charge in [-0.2, -0.15) is 0 Å². The van der Waals surface area contributed by atoms with E-state index in [9.17, 15) is 0 Å². The van der Waals surface area contributed by atoms with Crippen molar-refractivity contribution in [2.24, 2.45) is 0 Å². The second kappa shape index (κ2) is 4.96. The molecule has 0 radical (unpaired) electrons. The third kappa shape index (κ3) is 2.64. The number of halogens is 2. The Bertz CT molecular complexity index is 553. The lowest BCUT2D eigenvalue weighted by molar-refractivity contribution is 0.927. The van der Waals surface area contributed by atoms with Crippen molar-refractivity contribution in [1.29, 1.82) is 0 Å². The summed E-state index contributed by atoms with van der Waals surface area (Å²) < 4.78 is 0.985. The molecule has 17 heavy (non-hydrogen) atoms. The van der Waals surface area contributed by atoms with Crippen LogP contribution in [-0.4, -0.2) is 4.98 Å². The van der Waals surface area contributed by atoms with Gasteiger partial charge in [0, 0.05) is 20.3 Å². The van der Waals surface area contributed by atoms with Gasteiger partial charge in [-0.05, 0) is 24.6 Å². The maximum absolute atomic E-state index is 6.26. The minimum Gasteiger partial charge on any atom is -0.375 e. The predicted octanol–water partition coefficient (Wildman–Crippen LogP) is 4.60. The fraction of sp³-hybridized carbons (Fsp3) is 0.250. The molecular formula is C12H12BrClN2S. The summed E-state index contributed by atoms with van der Waals surface area (Å²) in [5.41, 5.74) is 7.81. The highest BCUT2D eigenvalue weighted by atomic mass is 79.9. The van der Waals surface area contributed by atoms with Gasteiger partial charge in [-0.25, -0.2) is 4.98 Å². The lowest BCUT2D eigenvalue weighted by Gasteiger charge is -2.12. The Morgan fingerprint density at radius 2 is 2.18 bits per heavy atom. The Balaban J connectivity index is 2.43. The molecule has 2 nitrogen and oxygen atoms in total. The lowest BCUT2D eigenvalue weighted by atomic mass is 9.99. The number of rotatable bonds is 2. The standard InChI is InChI=1S/C12H12BrClN2S/c1-6(11-7(2)16-12(15)17-11)9-4-3-8(13)5-10(9)14/h3-6H,1-2H3,(H2,15,16). The number of aromatic nitrogens is 1. The largest absolute Gasteiger partial charge is 0.375 e. The Morgan fingerprint density at radius 3 is 2.71 bits per heavy atom. The van der Waals surface area contributed by atoms with Gasteiger partial charge in [-0.15, -0.1) is 11.3 Å². The maximum Gasteiger partial charge on any atom is 0.180 e. The number of nitrogen functional groups attached to an aromatic ring is 1. The first-order valence-electron chi connectivity index (χ1n) is 5.16. The Labute approximate surface area is 118 Å². The fourth-order valence-electron chi connectivity index (χ4n) is 1.83. The van der Waals surface area contributed by atoms with Gasteiger partial charge in [0.25, 0.3) is 0 Å². The molecule has 1 aromatic heterocycles. The van der Waals surface area contributed by atoms with Crippen LogP contribution in [0.1, 0.15) is 29.0 Å². The van der Waals surface area contributed by atoms with Crippen molar-refractivity contribution in [3.05, 3.63) is 43.8 Å². The Morgan fingerprint density at radius 1 is 1.47 bits per heavy atom. The van der Waals surface area contributed by atoms with E-state index in [0.717, 1.165) is 20.8 Å². The van der Waals surface area contributed by atoms with Crippen molar-refractivity contribution < 1.29 is 0 Å². The number of nitrogens with zero attached hydrogens (tertiary/aromatic N) is 1. The number of benzene rings is 1. The number of anilines is 1. The van der Waals surface area contributed by atoms with Crippen molar-refractivity contribution in [3.8, 4) is 0 Å². The van der Waals surface area contributed by atoms with Crippen LogP contribution < -0.4 is 5.73 Å². The van der Waals surface area contributed by atoms with Crippen LogP contribution in [0.25, 0.3) is 0 Å². The van der Waals surface area contributed by atoms with Gasteiger partial charge in [0.1, 0.15) is 0 Å². The Kier molecular flexibility index (Phi) is 3.76. The van der Waals surface area contributed by atoms with E-state index in [-0.39, 0.29) is 5.92 Å². The zero-order chi connectivity index (χ0) is 12.6. The molecule has 2 rings (SSSR count). The van der Waals surface area contributed by atoms with Crippen LogP contribution in [0.3, 0.4) is 0 Å². The molecule has 0 spiro atoms. The molecule has 1 aromatic carbocycles. The molecule has 2 N–H and O–H groups in total. The highest BCUT2D eigenvalue weighted by molar-refractivity contribution is 9.10. The molecule has 0 fully saturated rings. The summed E-state index contributed by atoms with van der Waals surface area (Å²) in [6.45, 7) is 4.10. The first-order valence-corrected chi connectivity index (χ1v) is 7.15. The average Bonchev–Trinajstić information content (AvgIpc) is 2.57. The van der Waals surface area contributed by atoms with Crippen LogP contribution >= 0.6 is 38.9 Å². The molecule has 0 saturated heterocycles. The normalized spacial score (nSPS) is 12.7.